The molecule has 3 amide bonds. The average Bonchev–Trinajstić information content (AvgIpc) is 3.36. The Morgan fingerprint density at radius 1 is 1.05 bits per heavy atom. The minimum Gasteiger partial charge on any atom is -0.356 e. The number of nitrogens with one attached hydrogen (secondary N) is 4. The Balaban J connectivity index is 1.58. The van der Waals surface area contributed by atoms with Crippen molar-refractivity contribution in [3.63, 3.8) is 0 Å². The van der Waals surface area contributed by atoms with E-state index >= 15 is 0 Å². The lowest BCUT2D eigenvalue weighted by molar-refractivity contribution is -0.142. The Morgan fingerprint density at radius 2 is 1.79 bits per heavy atom. The van der Waals surface area contributed by atoms with Crippen molar-refractivity contribution in [2.75, 3.05) is 6.54 Å². The SMILES string of the molecule is CC(C)(C)NC(=O)C(=O)[C@H](C[C@@H]1CCCNC1=O)NC(=O)[C@@H](CC(=O)c1cc2cc(F)ccc2[nH]1)Cc1ccccc1. The van der Waals surface area contributed by atoms with Crippen molar-refractivity contribution in [2.24, 2.45) is 11.8 Å². The second-order valence-electron chi connectivity index (χ2n) is 11.9. The quantitative estimate of drug-likeness (QED) is 0.204. The summed E-state index contributed by atoms with van der Waals surface area (Å²) in [4.78, 5) is 68.8. The lowest BCUT2D eigenvalue weighted by Crippen LogP contribution is -2.54. The molecule has 4 N–H and O–H groups in total. The summed E-state index contributed by atoms with van der Waals surface area (Å²) in [6.07, 6.45) is 1.22. The van der Waals surface area contributed by atoms with Gasteiger partial charge >= 0.3 is 0 Å². The van der Waals surface area contributed by atoms with Crippen LogP contribution >= 0.6 is 0 Å². The van der Waals surface area contributed by atoms with E-state index in [1.807, 2.05) is 30.3 Å². The molecule has 0 aliphatic carbocycles. The Morgan fingerprint density at radius 3 is 2.48 bits per heavy atom. The van der Waals surface area contributed by atoms with Crippen LogP contribution in [-0.4, -0.2) is 52.4 Å². The van der Waals surface area contributed by atoms with E-state index in [-0.39, 0.29) is 36.6 Å². The van der Waals surface area contributed by atoms with Crippen LogP contribution in [0.5, 0.6) is 0 Å². The first kappa shape index (κ1) is 30.6. The first-order valence-electron chi connectivity index (χ1n) is 14.2. The summed E-state index contributed by atoms with van der Waals surface area (Å²) in [7, 11) is 0. The predicted octanol–water partition coefficient (Wildman–Crippen LogP) is 3.62. The number of H-pyrrole nitrogens is 1. The van der Waals surface area contributed by atoms with Crippen LogP contribution in [0.1, 0.15) is 62.5 Å². The van der Waals surface area contributed by atoms with Crippen molar-refractivity contribution >= 4 is 40.2 Å². The highest BCUT2D eigenvalue weighted by molar-refractivity contribution is 6.38. The van der Waals surface area contributed by atoms with Crippen LogP contribution in [0, 0.1) is 17.7 Å². The van der Waals surface area contributed by atoms with E-state index in [0.717, 1.165) is 12.0 Å². The summed E-state index contributed by atoms with van der Waals surface area (Å²) < 4.78 is 13.7. The summed E-state index contributed by atoms with van der Waals surface area (Å²) in [5.74, 6) is -4.73. The smallest absolute Gasteiger partial charge is 0.290 e. The van der Waals surface area contributed by atoms with E-state index in [1.54, 1.807) is 26.8 Å². The van der Waals surface area contributed by atoms with Crippen molar-refractivity contribution in [1.29, 1.82) is 0 Å². The molecule has 0 bridgehead atoms. The van der Waals surface area contributed by atoms with E-state index in [0.29, 0.717) is 23.9 Å². The molecule has 1 aliphatic rings. The zero-order chi connectivity index (χ0) is 30.4. The van der Waals surface area contributed by atoms with Crippen LogP contribution in [-0.2, 0) is 25.6 Å². The zero-order valence-corrected chi connectivity index (χ0v) is 24.1. The van der Waals surface area contributed by atoms with E-state index < -0.39 is 46.8 Å². The minimum atomic E-state index is -1.25. The van der Waals surface area contributed by atoms with Crippen molar-refractivity contribution in [3.8, 4) is 0 Å². The fourth-order valence-electron chi connectivity index (χ4n) is 5.17. The van der Waals surface area contributed by atoms with Gasteiger partial charge in [-0.3, -0.25) is 24.0 Å². The largest absolute Gasteiger partial charge is 0.356 e. The normalized spacial score (nSPS) is 16.8. The number of hydrogen-bond donors (Lipinski definition) is 4. The van der Waals surface area contributed by atoms with Crippen molar-refractivity contribution in [3.05, 3.63) is 71.7 Å². The monoisotopic (exact) mass is 576 g/mol. The summed E-state index contributed by atoms with van der Waals surface area (Å²) >= 11 is 0. The number of carbonyl (C=O) groups is 5. The molecule has 0 spiro atoms. The molecule has 9 nitrogen and oxygen atoms in total. The number of ketones is 2. The summed E-state index contributed by atoms with van der Waals surface area (Å²) in [6.45, 7) is 5.74. The Hall–Kier alpha value is -4.34. The van der Waals surface area contributed by atoms with Gasteiger partial charge in [0.15, 0.2) is 5.78 Å². The fraction of sp³-hybridized carbons (Fsp3) is 0.406. The number of piperidine rings is 1. The highest BCUT2D eigenvalue weighted by Gasteiger charge is 2.36. The lowest BCUT2D eigenvalue weighted by Gasteiger charge is -2.28. The maximum Gasteiger partial charge on any atom is 0.290 e. The third-order valence-corrected chi connectivity index (χ3v) is 7.28. The molecule has 3 aromatic rings. The van der Waals surface area contributed by atoms with Gasteiger partial charge in [0, 0.05) is 41.2 Å². The van der Waals surface area contributed by atoms with Crippen LogP contribution in [0.15, 0.2) is 54.6 Å². The van der Waals surface area contributed by atoms with Crippen LogP contribution in [0.25, 0.3) is 10.9 Å². The number of aromatic amines is 1. The summed E-state index contributed by atoms with van der Waals surface area (Å²) in [5, 5.41) is 8.66. The van der Waals surface area contributed by atoms with Gasteiger partial charge in [-0.1, -0.05) is 30.3 Å². The number of rotatable bonds is 11. The fourth-order valence-corrected chi connectivity index (χ4v) is 5.17. The van der Waals surface area contributed by atoms with E-state index in [9.17, 15) is 28.4 Å². The molecule has 3 atom stereocenters. The second-order valence-corrected chi connectivity index (χ2v) is 11.9. The molecular weight excluding hydrogens is 539 g/mol. The van der Waals surface area contributed by atoms with E-state index in [4.69, 9.17) is 0 Å². The first-order valence-corrected chi connectivity index (χ1v) is 14.2. The number of carbonyl (C=O) groups excluding carboxylic acids is 5. The Kier molecular flexibility index (Phi) is 9.55. The van der Waals surface area contributed by atoms with E-state index in [1.165, 1.54) is 18.2 Å². The third-order valence-electron chi connectivity index (χ3n) is 7.28. The molecule has 1 fully saturated rings. The number of halogens is 1. The predicted molar refractivity (Wildman–Crippen MR) is 156 cm³/mol. The van der Waals surface area contributed by atoms with Gasteiger partial charge in [-0.2, -0.15) is 0 Å². The number of fused-ring (bicyclic) bond motifs is 1. The summed E-state index contributed by atoms with van der Waals surface area (Å²) in [5.41, 5.74) is 0.945. The van der Waals surface area contributed by atoms with E-state index in [2.05, 4.69) is 20.9 Å². The molecule has 0 saturated carbocycles. The topological polar surface area (TPSA) is 137 Å². The maximum atomic E-state index is 13.8. The summed E-state index contributed by atoms with van der Waals surface area (Å²) in [6, 6.07) is 13.6. The standard InChI is InChI=1S/C32H37FN4O5/c1-32(2,3)37-31(42)28(39)26(16-20-10-7-13-34-29(20)40)36-30(41)22(14-19-8-5-4-6-9-19)18-27(38)25-17-21-15-23(33)11-12-24(21)35-25/h4-6,8-9,11-12,15,17,20,22,26,35H,7,10,13-14,16,18H2,1-3H3,(H,34,40)(H,36,41)(H,37,42)/t20-,22+,26-/m0/s1. The van der Waals surface area contributed by atoms with Gasteiger partial charge in [0.25, 0.3) is 5.91 Å². The Bertz CT molecular complexity index is 1480. The molecule has 1 aliphatic heterocycles. The van der Waals surface area contributed by atoms with Gasteiger partial charge in [0.2, 0.25) is 17.6 Å². The maximum absolute atomic E-state index is 13.8. The number of Topliss-reactive ketones (excluding diaryl/α,β-unsaturated/α-hetero) is 2. The van der Waals surface area contributed by atoms with Crippen LogP contribution in [0.3, 0.4) is 0 Å². The lowest BCUT2D eigenvalue weighted by atomic mass is 9.88. The molecule has 2 aromatic carbocycles. The number of aromatic nitrogens is 1. The number of hydrogen-bond acceptors (Lipinski definition) is 5. The molecule has 1 saturated heterocycles. The molecule has 2 heterocycles. The van der Waals surface area contributed by atoms with Crippen LogP contribution in [0.2, 0.25) is 0 Å². The highest BCUT2D eigenvalue weighted by Crippen LogP contribution is 2.23. The molecule has 1 aromatic heterocycles. The van der Waals surface area contributed by atoms with Crippen LogP contribution < -0.4 is 16.0 Å². The number of amides is 3. The van der Waals surface area contributed by atoms with Crippen LogP contribution in [0.4, 0.5) is 4.39 Å². The van der Waals surface area contributed by atoms with Gasteiger partial charge in [0.1, 0.15) is 5.82 Å². The van der Waals surface area contributed by atoms with Gasteiger partial charge < -0.3 is 20.9 Å². The molecule has 222 valence electrons. The van der Waals surface area contributed by atoms with Crippen molar-refractivity contribution < 1.29 is 28.4 Å². The molecule has 10 heteroatoms. The molecule has 4 rings (SSSR count). The Labute approximate surface area is 244 Å². The van der Waals surface area contributed by atoms with Crippen molar-refractivity contribution in [2.45, 2.75) is 64.5 Å². The first-order chi connectivity index (χ1) is 19.9. The third kappa shape index (κ3) is 8.11. The molecule has 0 unspecified atom stereocenters. The second kappa shape index (κ2) is 13.1. The van der Waals surface area contributed by atoms with Gasteiger partial charge in [-0.25, -0.2) is 4.39 Å². The minimum absolute atomic E-state index is 0.0342. The molecule has 42 heavy (non-hydrogen) atoms. The highest BCUT2D eigenvalue weighted by atomic mass is 19.1. The van der Waals surface area contributed by atoms with Gasteiger partial charge in [0.05, 0.1) is 11.7 Å². The van der Waals surface area contributed by atoms with Gasteiger partial charge in [-0.05, 0) is 76.3 Å². The average molecular weight is 577 g/mol. The van der Waals surface area contributed by atoms with Gasteiger partial charge in [-0.15, -0.1) is 0 Å². The molecule has 0 radical (unpaired) electrons. The zero-order valence-electron chi connectivity index (χ0n) is 24.1. The van der Waals surface area contributed by atoms with Crippen molar-refractivity contribution in [1.82, 2.24) is 20.9 Å². The number of benzene rings is 2. The molecular formula is C32H37FN4O5.